The minimum Gasteiger partial charge on any atom is -0.478 e. The van der Waals surface area contributed by atoms with Gasteiger partial charge in [-0.3, -0.25) is 0 Å². The van der Waals surface area contributed by atoms with Crippen molar-refractivity contribution in [1.82, 2.24) is 4.98 Å². The van der Waals surface area contributed by atoms with E-state index in [1.54, 1.807) is 12.1 Å². The standard InChI is InChI=1S/C15H18N2O2/c1-4-18-14-6-5-7-15(17-14)19-13-9-10(2)12(16)8-11(13)3/h5-9H,4,16H2,1-3H3. The van der Waals surface area contributed by atoms with Crippen molar-refractivity contribution >= 4 is 5.69 Å². The van der Waals surface area contributed by atoms with Crippen molar-refractivity contribution < 1.29 is 9.47 Å². The van der Waals surface area contributed by atoms with E-state index in [0.29, 0.717) is 18.4 Å². The van der Waals surface area contributed by atoms with Crippen LogP contribution in [0.25, 0.3) is 0 Å². The van der Waals surface area contributed by atoms with Crippen LogP contribution in [0.2, 0.25) is 0 Å². The van der Waals surface area contributed by atoms with E-state index in [1.165, 1.54) is 0 Å². The fourth-order valence-electron chi connectivity index (χ4n) is 1.72. The molecule has 4 heteroatoms. The molecule has 2 aromatic rings. The molecule has 1 aromatic carbocycles. The first kappa shape index (κ1) is 13.2. The molecule has 0 saturated carbocycles. The highest BCUT2D eigenvalue weighted by molar-refractivity contribution is 5.54. The molecule has 100 valence electrons. The van der Waals surface area contributed by atoms with Crippen LogP contribution in [0.3, 0.4) is 0 Å². The zero-order valence-corrected chi connectivity index (χ0v) is 11.4. The van der Waals surface area contributed by atoms with Gasteiger partial charge >= 0.3 is 0 Å². The zero-order chi connectivity index (χ0) is 13.8. The Balaban J connectivity index is 2.25. The first-order chi connectivity index (χ1) is 9.10. The summed E-state index contributed by atoms with van der Waals surface area (Å²) in [6.07, 6.45) is 0. The number of hydrogen-bond donors (Lipinski definition) is 1. The van der Waals surface area contributed by atoms with Crippen LogP contribution in [-0.4, -0.2) is 11.6 Å². The van der Waals surface area contributed by atoms with Gasteiger partial charge in [-0.1, -0.05) is 6.07 Å². The van der Waals surface area contributed by atoms with E-state index in [1.807, 2.05) is 39.0 Å². The second kappa shape index (κ2) is 5.61. The topological polar surface area (TPSA) is 57.4 Å². The number of rotatable bonds is 4. The van der Waals surface area contributed by atoms with E-state index in [9.17, 15) is 0 Å². The van der Waals surface area contributed by atoms with Gasteiger partial charge in [0.1, 0.15) is 5.75 Å². The summed E-state index contributed by atoms with van der Waals surface area (Å²) >= 11 is 0. The number of nitrogens with two attached hydrogens (primary N) is 1. The highest BCUT2D eigenvalue weighted by Crippen LogP contribution is 2.28. The van der Waals surface area contributed by atoms with Gasteiger partial charge in [-0.2, -0.15) is 4.98 Å². The first-order valence-electron chi connectivity index (χ1n) is 6.24. The molecular weight excluding hydrogens is 240 g/mol. The predicted octanol–water partition coefficient (Wildman–Crippen LogP) is 3.47. The van der Waals surface area contributed by atoms with Crippen LogP contribution < -0.4 is 15.2 Å². The van der Waals surface area contributed by atoms with Crippen LogP contribution in [0.4, 0.5) is 5.69 Å². The number of hydrogen-bond acceptors (Lipinski definition) is 4. The van der Waals surface area contributed by atoms with Crippen LogP contribution >= 0.6 is 0 Å². The molecule has 1 heterocycles. The summed E-state index contributed by atoms with van der Waals surface area (Å²) in [5.41, 5.74) is 8.59. The summed E-state index contributed by atoms with van der Waals surface area (Å²) in [6.45, 7) is 6.41. The highest BCUT2D eigenvalue weighted by Gasteiger charge is 2.06. The smallest absolute Gasteiger partial charge is 0.222 e. The molecule has 0 unspecified atom stereocenters. The van der Waals surface area contributed by atoms with Crippen molar-refractivity contribution in [1.29, 1.82) is 0 Å². The quantitative estimate of drug-likeness (QED) is 0.853. The number of nitrogens with zero attached hydrogens (tertiary/aromatic N) is 1. The molecule has 0 radical (unpaired) electrons. The number of anilines is 1. The lowest BCUT2D eigenvalue weighted by atomic mass is 10.1. The van der Waals surface area contributed by atoms with Gasteiger partial charge in [-0.05, 0) is 44.0 Å². The molecule has 0 aliphatic heterocycles. The van der Waals surface area contributed by atoms with Crippen LogP contribution in [0, 0.1) is 13.8 Å². The summed E-state index contributed by atoms with van der Waals surface area (Å²) in [4.78, 5) is 4.28. The number of pyridine rings is 1. The van der Waals surface area contributed by atoms with Crippen molar-refractivity contribution in [2.45, 2.75) is 20.8 Å². The molecule has 0 fully saturated rings. The van der Waals surface area contributed by atoms with Crippen LogP contribution in [0.15, 0.2) is 30.3 Å². The van der Waals surface area contributed by atoms with Gasteiger partial charge in [-0.15, -0.1) is 0 Å². The summed E-state index contributed by atoms with van der Waals surface area (Å²) in [7, 11) is 0. The second-order valence-corrected chi connectivity index (χ2v) is 4.32. The van der Waals surface area contributed by atoms with Gasteiger partial charge < -0.3 is 15.2 Å². The van der Waals surface area contributed by atoms with Crippen molar-refractivity contribution in [3.63, 3.8) is 0 Å². The van der Waals surface area contributed by atoms with Crippen LogP contribution in [0.1, 0.15) is 18.1 Å². The largest absolute Gasteiger partial charge is 0.478 e. The van der Waals surface area contributed by atoms with Crippen LogP contribution in [-0.2, 0) is 0 Å². The number of aromatic nitrogens is 1. The normalized spacial score (nSPS) is 10.3. The molecule has 1 aromatic heterocycles. The van der Waals surface area contributed by atoms with Gasteiger partial charge in [-0.25, -0.2) is 0 Å². The first-order valence-corrected chi connectivity index (χ1v) is 6.24. The Bertz CT molecular complexity index is 582. The van der Waals surface area contributed by atoms with Gasteiger partial charge in [0, 0.05) is 17.8 Å². The Labute approximate surface area is 113 Å². The van der Waals surface area contributed by atoms with Crippen molar-refractivity contribution in [3.05, 3.63) is 41.5 Å². The average Bonchev–Trinajstić information content (AvgIpc) is 2.37. The number of aryl methyl sites for hydroxylation is 2. The van der Waals surface area contributed by atoms with Gasteiger partial charge in [0.15, 0.2) is 0 Å². The molecule has 0 bridgehead atoms. The van der Waals surface area contributed by atoms with Crippen molar-refractivity contribution in [2.24, 2.45) is 0 Å². The molecule has 2 N–H and O–H groups in total. The molecule has 0 amide bonds. The van der Waals surface area contributed by atoms with E-state index < -0.39 is 0 Å². The van der Waals surface area contributed by atoms with E-state index in [-0.39, 0.29) is 0 Å². The molecule has 0 aliphatic rings. The highest BCUT2D eigenvalue weighted by atomic mass is 16.5. The lowest BCUT2D eigenvalue weighted by Gasteiger charge is -2.11. The lowest BCUT2D eigenvalue weighted by molar-refractivity contribution is 0.321. The van der Waals surface area contributed by atoms with E-state index in [2.05, 4.69) is 4.98 Å². The molecule has 0 saturated heterocycles. The minimum atomic E-state index is 0.512. The Morgan fingerprint density at radius 3 is 2.58 bits per heavy atom. The summed E-state index contributed by atoms with van der Waals surface area (Å²) in [5.74, 6) is 1.83. The third-order valence-corrected chi connectivity index (χ3v) is 2.77. The van der Waals surface area contributed by atoms with Crippen LogP contribution in [0.5, 0.6) is 17.5 Å². The maximum Gasteiger partial charge on any atom is 0.222 e. The van der Waals surface area contributed by atoms with Crippen molar-refractivity contribution in [2.75, 3.05) is 12.3 Å². The fraction of sp³-hybridized carbons (Fsp3) is 0.267. The maximum absolute atomic E-state index is 5.86. The molecule has 0 atom stereocenters. The average molecular weight is 258 g/mol. The minimum absolute atomic E-state index is 0.512. The Morgan fingerprint density at radius 2 is 1.84 bits per heavy atom. The van der Waals surface area contributed by atoms with E-state index in [4.69, 9.17) is 15.2 Å². The summed E-state index contributed by atoms with van der Waals surface area (Å²) < 4.78 is 11.1. The molecule has 0 aliphatic carbocycles. The Kier molecular flexibility index (Phi) is 3.90. The number of nitrogen functional groups attached to an aromatic ring is 1. The third kappa shape index (κ3) is 3.16. The maximum atomic E-state index is 5.86. The molecule has 2 rings (SSSR count). The van der Waals surface area contributed by atoms with E-state index in [0.717, 1.165) is 22.6 Å². The second-order valence-electron chi connectivity index (χ2n) is 4.32. The zero-order valence-electron chi connectivity index (χ0n) is 11.4. The fourth-order valence-corrected chi connectivity index (χ4v) is 1.72. The third-order valence-electron chi connectivity index (χ3n) is 2.77. The lowest BCUT2D eigenvalue weighted by Crippen LogP contribution is -1.97. The number of ether oxygens (including phenoxy) is 2. The Morgan fingerprint density at radius 1 is 1.11 bits per heavy atom. The summed E-state index contributed by atoms with van der Waals surface area (Å²) in [5, 5.41) is 0. The molecule has 4 nitrogen and oxygen atoms in total. The Hall–Kier alpha value is -2.23. The molecular formula is C15H18N2O2. The number of benzene rings is 1. The summed E-state index contributed by atoms with van der Waals surface area (Å²) in [6, 6.07) is 9.27. The SMILES string of the molecule is CCOc1cccc(Oc2cc(C)c(N)cc2C)n1. The predicted molar refractivity (Wildman–Crippen MR) is 75.8 cm³/mol. The monoisotopic (exact) mass is 258 g/mol. The van der Waals surface area contributed by atoms with Gasteiger partial charge in [0.05, 0.1) is 6.61 Å². The van der Waals surface area contributed by atoms with Gasteiger partial charge in [0.25, 0.3) is 0 Å². The molecule has 19 heavy (non-hydrogen) atoms. The van der Waals surface area contributed by atoms with E-state index >= 15 is 0 Å². The molecule has 0 spiro atoms. The van der Waals surface area contributed by atoms with Gasteiger partial charge in [0.2, 0.25) is 11.8 Å². The van der Waals surface area contributed by atoms with Crippen molar-refractivity contribution in [3.8, 4) is 17.5 Å².